The van der Waals surface area contributed by atoms with E-state index in [0.29, 0.717) is 25.6 Å². The van der Waals surface area contributed by atoms with Gasteiger partial charge in [0.2, 0.25) is 5.43 Å². The molecule has 1 fully saturated rings. The Balaban J connectivity index is 2.02. The van der Waals surface area contributed by atoms with Crippen molar-refractivity contribution < 1.29 is 27.8 Å². The molecular weight excluding hydrogens is 405 g/mol. The highest BCUT2D eigenvalue weighted by Gasteiger charge is 2.26. The van der Waals surface area contributed by atoms with Crippen molar-refractivity contribution in [1.29, 1.82) is 0 Å². The van der Waals surface area contributed by atoms with Crippen molar-refractivity contribution in [1.82, 2.24) is 9.55 Å². The zero-order chi connectivity index (χ0) is 21.6. The van der Waals surface area contributed by atoms with E-state index in [0.717, 1.165) is 29.0 Å². The van der Waals surface area contributed by atoms with Gasteiger partial charge in [-0.25, -0.2) is 22.9 Å². The maximum Gasteiger partial charge on any atom is 0.511 e. The smallest absolute Gasteiger partial charge is 0.449 e. The summed E-state index contributed by atoms with van der Waals surface area (Å²) in [6.07, 6.45) is -0.252. The normalized spacial score (nSPS) is 16.3. The van der Waals surface area contributed by atoms with Gasteiger partial charge >= 0.3 is 6.16 Å². The lowest BCUT2D eigenvalue weighted by Crippen LogP contribution is -2.28. The van der Waals surface area contributed by atoms with E-state index in [1.54, 1.807) is 4.90 Å². The lowest BCUT2D eigenvalue weighted by Gasteiger charge is -2.20. The molecule has 30 heavy (non-hydrogen) atoms. The average molecular weight is 420 g/mol. The van der Waals surface area contributed by atoms with Crippen molar-refractivity contribution in [2.24, 2.45) is 5.73 Å². The summed E-state index contributed by atoms with van der Waals surface area (Å²) in [6, 6.07) is 3.38. The van der Waals surface area contributed by atoms with Gasteiger partial charge in [0.25, 0.3) is 0 Å². The second-order valence-corrected chi connectivity index (χ2v) is 6.82. The molecule has 1 saturated heterocycles. The highest BCUT2D eigenvalue weighted by Crippen LogP contribution is 2.27. The monoisotopic (exact) mass is 420 g/mol. The maximum atomic E-state index is 14.8. The second kappa shape index (κ2) is 7.34. The van der Waals surface area contributed by atoms with E-state index in [1.807, 2.05) is 0 Å². The van der Waals surface area contributed by atoms with Gasteiger partial charge in [-0.3, -0.25) is 9.36 Å². The lowest BCUT2D eigenvalue weighted by molar-refractivity contribution is 0.144. The summed E-state index contributed by atoms with van der Waals surface area (Å²) < 4.78 is 48.1. The van der Waals surface area contributed by atoms with Gasteiger partial charge in [-0.1, -0.05) is 0 Å². The summed E-state index contributed by atoms with van der Waals surface area (Å²) in [4.78, 5) is 29.4. The Labute approximate surface area is 166 Å². The fraction of sp³-hybridized carbons (Fsp3) is 0.211. The van der Waals surface area contributed by atoms with Crippen molar-refractivity contribution in [2.75, 3.05) is 18.0 Å². The summed E-state index contributed by atoms with van der Waals surface area (Å²) >= 11 is 0. The summed E-state index contributed by atoms with van der Waals surface area (Å²) in [5.41, 5.74) is 4.53. The van der Waals surface area contributed by atoms with Gasteiger partial charge in [0.05, 0.1) is 17.3 Å². The number of ether oxygens (including phenoxy) is 1. The van der Waals surface area contributed by atoms with Crippen LogP contribution in [-0.4, -0.2) is 39.9 Å². The van der Waals surface area contributed by atoms with Gasteiger partial charge in [0, 0.05) is 25.2 Å². The van der Waals surface area contributed by atoms with Crippen molar-refractivity contribution >= 4 is 23.0 Å². The molecule has 1 atom stereocenters. The first kappa shape index (κ1) is 19.7. The zero-order valence-electron chi connectivity index (χ0n) is 15.3. The first-order valence-electron chi connectivity index (χ1n) is 8.87. The number of aromatic nitrogens is 2. The topological polar surface area (TPSA) is 111 Å². The third-order valence-corrected chi connectivity index (χ3v) is 4.77. The number of nitrogens with zero attached hydrogens (tertiary/aromatic N) is 3. The van der Waals surface area contributed by atoms with Crippen LogP contribution in [-0.2, 0) is 0 Å². The zero-order valence-corrected chi connectivity index (χ0v) is 15.3. The Bertz CT molecular complexity index is 1230. The number of carboxylic acid groups (broad SMARTS) is 1. The molecule has 8 nitrogen and oxygen atoms in total. The molecule has 11 heteroatoms. The Kier molecular flexibility index (Phi) is 4.82. The molecule has 0 amide bonds. The highest BCUT2D eigenvalue weighted by atomic mass is 19.1. The number of carbonyl (C=O) groups is 1. The number of rotatable bonds is 3. The molecule has 1 aliphatic heterocycles. The van der Waals surface area contributed by atoms with Crippen LogP contribution in [0.4, 0.5) is 23.8 Å². The second-order valence-electron chi connectivity index (χ2n) is 6.82. The molecule has 3 N–H and O–H groups in total. The number of nitrogens with two attached hydrogens (primary N) is 1. The number of anilines is 1. The van der Waals surface area contributed by atoms with E-state index >= 15 is 0 Å². The minimum absolute atomic E-state index is 0.0852. The molecule has 0 radical (unpaired) electrons. The minimum Gasteiger partial charge on any atom is -0.449 e. The Morgan fingerprint density at radius 2 is 2.00 bits per heavy atom. The number of fused-ring (bicyclic) bond motifs is 1. The minimum atomic E-state index is -1.78. The molecule has 0 spiro atoms. The fourth-order valence-corrected chi connectivity index (χ4v) is 3.42. The molecule has 2 aromatic heterocycles. The van der Waals surface area contributed by atoms with Crippen LogP contribution < -0.4 is 20.8 Å². The number of halogens is 3. The van der Waals surface area contributed by atoms with Crippen LogP contribution in [0.15, 0.2) is 35.3 Å². The first-order valence-corrected chi connectivity index (χ1v) is 8.87. The van der Waals surface area contributed by atoms with Crippen LogP contribution in [0.3, 0.4) is 0 Å². The van der Waals surface area contributed by atoms with E-state index in [9.17, 15) is 22.8 Å². The largest absolute Gasteiger partial charge is 0.511 e. The van der Waals surface area contributed by atoms with Crippen molar-refractivity contribution in [3.05, 3.63) is 58.1 Å². The third kappa shape index (κ3) is 3.43. The Morgan fingerprint density at radius 1 is 1.23 bits per heavy atom. The third-order valence-electron chi connectivity index (χ3n) is 4.77. The molecule has 3 heterocycles. The van der Waals surface area contributed by atoms with E-state index in [4.69, 9.17) is 10.8 Å². The summed E-state index contributed by atoms with van der Waals surface area (Å²) in [7, 11) is 0. The molecule has 1 aromatic carbocycles. The average Bonchev–Trinajstić information content (AvgIpc) is 3.10. The van der Waals surface area contributed by atoms with Gasteiger partial charge < -0.3 is 20.5 Å². The van der Waals surface area contributed by atoms with Crippen LogP contribution in [0.1, 0.15) is 6.42 Å². The SMILES string of the molecule is N[C@H]1CCN(c2nc3c(cc2F)c(=O)c(OC(=O)O)cn3-c2ccc(F)cc2F)C1. The standard InChI is InChI=1S/C19H15F3N4O4/c20-9-1-2-14(12(21)5-9)26-8-15(30-19(28)29)16(27)11-6-13(22)18(24-17(11)26)25-4-3-10(23)7-25/h1-2,5-6,8,10H,3-4,7,23H2,(H,28,29)/t10-/m0/s1. The molecule has 156 valence electrons. The van der Waals surface area contributed by atoms with E-state index in [1.165, 1.54) is 0 Å². The molecule has 4 rings (SSSR count). The van der Waals surface area contributed by atoms with Gasteiger partial charge in [-0.15, -0.1) is 0 Å². The van der Waals surface area contributed by atoms with Crippen LogP contribution in [0.25, 0.3) is 16.7 Å². The Morgan fingerprint density at radius 3 is 2.63 bits per heavy atom. The van der Waals surface area contributed by atoms with Crippen LogP contribution >= 0.6 is 0 Å². The summed E-state index contributed by atoms with van der Waals surface area (Å²) in [5, 5.41) is 8.55. The number of hydrogen-bond acceptors (Lipinski definition) is 6. The first-order chi connectivity index (χ1) is 14.2. The van der Waals surface area contributed by atoms with Crippen LogP contribution in [0, 0.1) is 17.5 Å². The van der Waals surface area contributed by atoms with Crippen LogP contribution in [0.2, 0.25) is 0 Å². The highest BCUT2D eigenvalue weighted by molar-refractivity contribution is 5.81. The molecule has 1 aliphatic rings. The predicted octanol–water partition coefficient (Wildman–Crippen LogP) is 2.40. The predicted molar refractivity (Wildman–Crippen MR) is 101 cm³/mol. The van der Waals surface area contributed by atoms with E-state index < -0.39 is 34.8 Å². The number of pyridine rings is 2. The molecule has 0 saturated carbocycles. The van der Waals surface area contributed by atoms with E-state index in [2.05, 4.69) is 9.72 Å². The van der Waals surface area contributed by atoms with Gasteiger partial charge in [0.1, 0.15) is 11.6 Å². The molecule has 3 aromatic rings. The van der Waals surface area contributed by atoms with Gasteiger partial charge in [0.15, 0.2) is 23.0 Å². The Hall–Kier alpha value is -3.60. The van der Waals surface area contributed by atoms with Gasteiger partial charge in [-0.2, -0.15) is 0 Å². The molecule has 0 aliphatic carbocycles. The fourth-order valence-electron chi connectivity index (χ4n) is 3.42. The number of hydrogen-bond donors (Lipinski definition) is 2. The quantitative estimate of drug-likeness (QED) is 0.626. The van der Waals surface area contributed by atoms with Crippen molar-refractivity contribution in [2.45, 2.75) is 12.5 Å². The number of benzene rings is 1. The summed E-state index contributed by atoms with van der Waals surface area (Å²) in [5.74, 6) is -3.44. The molecular formula is C19H15F3N4O4. The molecule has 0 bridgehead atoms. The van der Waals surface area contributed by atoms with E-state index in [-0.39, 0.29) is 28.6 Å². The lowest BCUT2D eigenvalue weighted by atomic mass is 10.2. The van der Waals surface area contributed by atoms with Crippen LogP contribution in [0.5, 0.6) is 5.75 Å². The summed E-state index contributed by atoms with van der Waals surface area (Å²) in [6.45, 7) is 0.775. The molecule has 0 unspecified atom stereocenters. The van der Waals surface area contributed by atoms with Gasteiger partial charge in [-0.05, 0) is 24.6 Å². The van der Waals surface area contributed by atoms with Crippen molar-refractivity contribution in [3.8, 4) is 11.4 Å². The van der Waals surface area contributed by atoms with Crippen molar-refractivity contribution in [3.63, 3.8) is 0 Å². The maximum absolute atomic E-state index is 14.8.